The molecule has 2 rings (SSSR count). The van der Waals surface area contributed by atoms with Gasteiger partial charge in [-0.3, -0.25) is 9.59 Å². The second-order valence-corrected chi connectivity index (χ2v) is 6.40. The van der Waals surface area contributed by atoms with Crippen LogP contribution in [0, 0.1) is 0 Å². The number of hydrogen-bond donors (Lipinski definition) is 2. The summed E-state index contributed by atoms with van der Waals surface area (Å²) in [6.07, 6.45) is -4.60. The van der Waals surface area contributed by atoms with E-state index in [1.165, 1.54) is 6.07 Å². The maximum Gasteiger partial charge on any atom is 0.431 e. The van der Waals surface area contributed by atoms with Gasteiger partial charge in [0.1, 0.15) is 5.69 Å². The molecule has 0 atom stereocenters. The summed E-state index contributed by atoms with van der Waals surface area (Å²) in [5, 5.41) is 0.313. The smallest absolute Gasteiger partial charge is 0.326 e. The first-order valence-electron chi connectivity index (χ1n) is 6.33. The molecule has 0 fully saturated rings. The average molecular weight is 397 g/mol. The molecule has 10 heteroatoms. The number of H-pyrrole nitrogens is 1. The Balaban J connectivity index is 2.64. The van der Waals surface area contributed by atoms with Gasteiger partial charge in [-0.2, -0.15) is 13.2 Å². The van der Waals surface area contributed by atoms with Crippen LogP contribution < -0.4 is 11.3 Å². The van der Waals surface area contributed by atoms with Gasteiger partial charge in [-0.1, -0.05) is 41.0 Å². The number of nitrogens with one attached hydrogen (secondary N) is 1. The lowest BCUT2D eigenvalue weighted by molar-refractivity contribution is -0.141. The van der Waals surface area contributed by atoms with E-state index >= 15 is 0 Å². The van der Waals surface area contributed by atoms with Crippen LogP contribution in [0.25, 0.3) is 0 Å². The number of rotatable bonds is 4. The second-order valence-electron chi connectivity index (χ2n) is 4.56. The highest BCUT2D eigenvalue weighted by Crippen LogP contribution is 2.41. The van der Waals surface area contributed by atoms with Gasteiger partial charge >= 0.3 is 6.18 Å². The topological polar surface area (TPSA) is 76.0 Å². The van der Waals surface area contributed by atoms with Crippen LogP contribution >= 0.6 is 35.0 Å². The predicted molar refractivity (Wildman–Crippen MR) is 85.9 cm³/mol. The zero-order chi connectivity index (χ0) is 18.1. The minimum absolute atomic E-state index is 0.0905. The van der Waals surface area contributed by atoms with E-state index in [-0.39, 0.29) is 32.7 Å². The van der Waals surface area contributed by atoms with Crippen molar-refractivity contribution in [2.45, 2.75) is 22.5 Å². The number of hydrogen-bond acceptors (Lipinski definition) is 4. The van der Waals surface area contributed by atoms with Crippen molar-refractivity contribution in [1.29, 1.82) is 0 Å². The average Bonchev–Trinajstić information content (AvgIpc) is 2.50. The first-order chi connectivity index (χ1) is 11.2. The summed E-state index contributed by atoms with van der Waals surface area (Å²) in [5.41, 5.74) is 3.18. The number of nitrogens with two attached hydrogens (primary N) is 1. The number of aldehydes is 1. The van der Waals surface area contributed by atoms with Crippen LogP contribution in [0.1, 0.15) is 21.6 Å². The Bertz CT molecular complexity index is 853. The molecule has 4 nitrogen and oxygen atoms in total. The van der Waals surface area contributed by atoms with Crippen molar-refractivity contribution in [3.05, 3.63) is 55.4 Å². The lowest BCUT2D eigenvalue weighted by Crippen LogP contribution is -2.20. The van der Waals surface area contributed by atoms with E-state index in [9.17, 15) is 22.8 Å². The predicted octanol–water partition coefficient (Wildman–Crippen LogP) is 4.12. The minimum atomic E-state index is -4.78. The van der Waals surface area contributed by atoms with Gasteiger partial charge in [0.05, 0.1) is 15.6 Å². The molecule has 0 aliphatic rings. The zero-order valence-corrected chi connectivity index (χ0v) is 14.0. The highest BCUT2D eigenvalue weighted by molar-refractivity contribution is 7.99. The summed E-state index contributed by atoms with van der Waals surface area (Å²) in [4.78, 5) is 24.5. The zero-order valence-electron chi connectivity index (χ0n) is 11.7. The van der Waals surface area contributed by atoms with Crippen LogP contribution in [0.2, 0.25) is 10.0 Å². The molecule has 0 radical (unpaired) electrons. The Hall–Kier alpha value is -1.48. The summed E-state index contributed by atoms with van der Waals surface area (Å²) in [5.74, 6) is 0. The third kappa shape index (κ3) is 3.77. The molecule has 1 heterocycles. The summed E-state index contributed by atoms with van der Waals surface area (Å²) in [6, 6.07) is 3.72. The number of halogens is 5. The van der Waals surface area contributed by atoms with Crippen molar-refractivity contribution in [3.63, 3.8) is 0 Å². The lowest BCUT2D eigenvalue weighted by atomic mass is 10.2. The van der Waals surface area contributed by atoms with Crippen molar-refractivity contribution in [2.75, 3.05) is 0 Å². The highest BCUT2D eigenvalue weighted by atomic mass is 35.5. The number of aromatic nitrogens is 1. The molecule has 0 saturated heterocycles. The fourth-order valence-corrected chi connectivity index (χ4v) is 3.54. The molecule has 0 aliphatic heterocycles. The van der Waals surface area contributed by atoms with Gasteiger partial charge in [0.2, 0.25) is 0 Å². The largest absolute Gasteiger partial charge is 0.431 e. The van der Waals surface area contributed by atoms with Crippen molar-refractivity contribution < 1.29 is 18.0 Å². The van der Waals surface area contributed by atoms with E-state index < -0.39 is 23.0 Å². The molecule has 0 bridgehead atoms. The van der Waals surface area contributed by atoms with Gasteiger partial charge in [0.25, 0.3) is 5.56 Å². The Morgan fingerprint density at radius 3 is 2.50 bits per heavy atom. The SMILES string of the molecule is NCc1ccc(Cl)c(Sc2cc(C(F)(F)F)[nH]c(=O)c2C=O)c1Cl. The normalized spacial score (nSPS) is 11.6. The molecule has 0 aliphatic carbocycles. The molecule has 2 aromatic rings. The van der Waals surface area contributed by atoms with Gasteiger partial charge in [-0.05, 0) is 17.7 Å². The maximum absolute atomic E-state index is 12.9. The van der Waals surface area contributed by atoms with E-state index in [0.29, 0.717) is 23.4 Å². The Morgan fingerprint density at radius 1 is 1.29 bits per heavy atom. The monoisotopic (exact) mass is 396 g/mol. The van der Waals surface area contributed by atoms with Gasteiger partial charge in [0.15, 0.2) is 6.29 Å². The number of carbonyl (C=O) groups excluding carboxylic acids is 1. The van der Waals surface area contributed by atoms with Gasteiger partial charge in [-0.25, -0.2) is 0 Å². The maximum atomic E-state index is 12.9. The molecule has 0 amide bonds. The molecular weight excluding hydrogens is 388 g/mol. The Kier molecular flexibility index (Phi) is 5.64. The quantitative estimate of drug-likeness (QED) is 0.761. The molecule has 24 heavy (non-hydrogen) atoms. The van der Waals surface area contributed by atoms with Gasteiger partial charge < -0.3 is 10.7 Å². The molecule has 3 N–H and O–H groups in total. The number of alkyl halides is 3. The summed E-state index contributed by atoms with van der Waals surface area (Å²) < 4.78 is 38.6. The summed E-state index contributed by atoms with van der Waals surface area (Å²) in [6.45, 7) is 0.0905. The number of pyridine rings is 1. The molecule has 1 aromatic carbocycles. The van der Waals surface area contributed by atoms with E-state index in [0.717, 1.165) is 0 Å². The fourth-order valence-electron chi connectivity index (χ4n) is 1.83. The number of aromatic amines is 1. The van der Waals surface area contributed by atoms with Crippen LogP contribution in [0.3, 0.4) is 0 Å². The van der Waals surface area contributed by atoms with E-state index in [1.54, 1.807) is 11.1 Å². The second kappa shape index (κ2) is 7.18. The first-order valence-corrected chi connectivity index (χ1v) is 7.90. The van der Waals surface area contributed by atoms with Crippen molar-refractivity contribution in [3.8, 4) is 0 Å². The molecule has 128 valence electrons. The first kappa shape index (κ1) is 18.9. The van der Waals surface area contributed by atoms with E-state index in [2.05, 4.69) is 0 Å². The highest BCUT2D eigenvalue weighted by Gasteiger charge is 2.33. The van der Waals surface area contributed by atoms with E-state index in [4.69, 9.17) is 28.9 Å². The summed E-state index contributed by atoms with van der Waals surface area (Å²) in [7, 11) is 0. The number of benzene rings is 1. The van der Waals surface area contributed by atoms with Crippen molar-refractivity contribution in [1.82, 2.24) is 4.98 Å². The summed E-state index contributed by atoms with van der Waals surface area (Å²) >= 11 is 12.9. The van der Waals surface area contributed by atoms with Crippen LogP contribution in [0.15, 0.2) is 32.8 Å². The van der Waals surface area contributed by atoms with Crippen LogP contribution in [0.4, 0.5) is 13.2 Å². The Labute approximate surface area is 148 Å². The third-order valence-corrected chi connectivity index (χ3v) is 5.17. The van der Waals surface area contributed by atoms with Crippen LogP contribution in [0.5, 0.6) is 0 Å². The van der Waals surface area contributed by atoms with Gasteiger partial charge in [0, 0.05) is 16.3 Å². The number of carbonyl (C=O) groups is 1. The minimum Gasteiger partial charge on any atom is -0.326 e. The lowest BCUT2D eigenvalue weighted by Gasteiger charge is -2.13. The molecule has 0 unspecified atom stereocenters. The van der Waals surface area contributed by atoms with Gasteiger partial charge in [-0.15, -0.1) is 0 Å². The van der Waals surface area contributed by atoms with Crippen LogP contribution in [-0.4, -0.2) is 11.3 Å². The van der Waals surface area contributed by atoms with Crippen molar-refractivity contribution in [2.24, 2.45) is 5.73 Å². The molecular formula is C14H9Cl2F3N2O2S. The van der Waals surface area contributed by atoms with Crippen LogP contribution in [-0.2, 0) is 12.7 Å². The Morgan fingerprint density at radius 2 is 1.96 bits per heavy atom. The van der Waals surface area contributed by atoms with Crippen molar-refractivity contribution >= 4 is 41.2 Å². The standard InChI is InChI=1S/C14H9Cl2F3N2O2S/c15-8-2-1-6(4-20)11(16)12(8)24-9-3-10(14(17,18)19)21-13(23)7(9)5-22/h1-3,5H,4,20H2,(H,21,23). The third-order valence-electron chi connectivity index (χ3n) is 3.02. The van der Waals surface area contributed by atoms with E-state index in [1.807, 2.05) is 0 Å². The fraction of sp³-hybridized carbons (Fsp3) is 0.143. The molecule has 0 spiro atoms. The molecule has 0 saturated carbocycles. The molecule has 1 aromatic heterocycles.